The molecule has 0 aromatic carbocycles. The van der Waals surface area contributed by atoms with Gasteiger partial charge in [0.05, 0.1) is 5.56 Å². The molecule has 3 aromatic rings. The van der Waals surface area contributed by atoms with Crippen LogP contribution in [0.25, 0.3) is 11.5 Å². The van der Waals surface area contributed by atoms with Crippen LogP contribution in [0.1, 0.15) is 22.8 Å². The number of pyridine rings is 1. The van der Waals surface area contributed by atoms with Crippen molar-refractivity contribution < 1.29 is 13.7 Å². The maximum Gasteiger partial charge on any atom is 0.287 e. The Hall–Kier alpha value is -2.68. The van der Waals surface area contributed by atoms with Gasteiger partial charge in [0, 0.05) is 25.3 Å². The third-order valence-corrected chi connectivity index (χ3v) is 4.59. The molecular formula is C17H16BrN5O3. The Balaban J connectivity index is 1.38. The van der Waals surface area contributed by atoms with Crippen molar-refractivity contribution in [1.29, 1.82) is 0 Å². The van der Waals surface area contributed by atoms with Crippen molar-refractivity contribution in [2.24, 2.45) is 0 Å². The minimum Gasteiger partial charge on any atom is -0.444 e. The molecule has 1 amide bonds. The van der Waals surface area contributed by atoms with Gasteiger partial charge in [-0.2, -0.15) is 4.98 Å². The Morgan fingerprint density at radius 1 is 1.35 bits per heavy atom. The summed E-state index contributed by atoms with van der Waals surface area (Å²) in [7, 11) is 0. The Bertz CT molecular complexity index is 921. The van der Waals surface area contributed by atoms with E-state index in [-0.39, 0.29) is 11.9 Å². The number of hydrogen-bond acceptors (Lipinski definition) is 7. The van der Waals surface area contributed by atoms with Crippen LogP contribution in [-0.2, 0) is 0 Å². The summed E-state index contributed by atoms with van der Waals surface area (Å²) in [5.41, 5.74) is 0.779. The molecule has 4 rings (SSSR count). The van der Waals surface area contributed by atoms with Crippen LogP contribution in [0.2, 0.25) is 0 Å². The van der Waals surface area contributed by atoms with Gasteiger partial charge >= 0.3 is 0 Å². The first-order chi connectivity index (χ1) is 12.6. The molecule has 134 valence electrons. The van der Waals surface area contributed by atoms with E-state index in [0.717, 1.165) is 24.3 Å². The quantitative estimate of drug-likeness (QED) is 0.696. The molecule has 3 aromatic heterocycles. The van der Waals surface area contributed by atoms with Crippen molar-refractivity contribution in [3.63, 3.8) is 0 Å². The number of halogens is 1. The fourth-order valence-corrected chi connectivity index (χ4v) is 3.20. The summed E-state index contributed by atoms with van der Waals surface area (Å²) in [6.45, 7) is 3.29. The van der Waals surface area contributed by atoms with Gasteiger partial charge in [0.15, 0.2) is 16.3 Å². The van der Waals surface area contributed by atoms with Crippen LogP contribution in [-0.4, -0.2) is 40.2 Å². The van der Waals surface area contributed by atoms with Gasteiger partial charge in [0.25, 0.3) is 11.8 Å². The van der Waals surface area contributed by atoms with Crippen LogP contribution in [0.5, 0.6) is 0 Å². The number of aryl methyl sites for hydroxylation is 1. The van der Waals surface area contributed by atoms with Gasteiger partial charge in [0.1, 0.15) is 5.82 Å². The minimum absolute atomic E-state index is 0.0476. The first-order valence-corrected chi connectivity index (χ1v) is 8.95. The Morgan fingerprint density at radius 3 is 2.88 bits per heavy atom. The molecule has 1 aliphatic rings. The first-order valence-electron chi connectivity index (χ1n) is 8.16. The predicted octanol–water partition coefficient (Wildman–Crippen LogP) is 2.80. The third-order valence-electron chi connectivity index (χ3n) is 4.17. The van der Waals surface area contributed by atoms with Crippen LogP contribution < -0.4 is 10.2 Å². The fraction of sp³-hybridized carbons (Fsp3) is 0.294. The topological polar surface area (TPSA) is 97.3 Å². The van der Waals surface area contributed by atoms with Gasteiger partial charge in [-0.15, -0.1) is 0 Å². The number of rotatable bonds is 4. The maximum absolute atomic E-state index is 12.2. The van der Waals surface area contributed by atoms with E-state index in [1.165, 1.54) is 0 Å². The average molecular weight is 418 g/mol. The van der Waals surface area contributed by atoms with Crippen LogP contribution >= 0.6 is 15.9 Å². The molecule has 1 unspecified atom stereocenters. The molecule has 0 aliphatic carbocycles. The molecule has 0 spiro atoms. The lowest BCUT2D eigenvalue weighted by Crippen LogP contribution is -2.37. The molecule has 1 aliphatic heterocycles. The second-order valence-electron chi connectivity index (χ2n) is 6.06. The van der Waals surface area contributed by atoms with Gasteiger partial charge in [-0.1, -0.05) is 5.16 Å². The molecule has 0 radical (unpaired) electrons. The van der Waals surface area contributed by atoms with E-state index in [9.17, 15) is 4.79 Å². The SMILES string of the molecule is Cc1noc(-c2ccc(N3CCC(NC(=O)c4ccc(Br)o4)C3)nc2)n1. The molecule has 0 bridgehead atoms. The number of nitrogens with zero attached hydrogens (tertiary/aromatic N) is 4. The summed E-state index contributed by atoms with van der Waals surface area (Å²) in [5, 5.41) is 6.77. The van der Waals surface area contributed by atoms with Crippen LogP contribution in [0.15, 0.2) is 44.1 Å². The largest absolute Gasteiger partial charge is 0.444 e. The van der Waals surface area contributed by atoms with Crippen LogP contribution in [0.3, 0.4) is 0 Å². The van der Waals surface area contributed by atoms with Crippen LogP contribution in [0, 0.1) is 6.92 Å². The summed E-state index contributed by atoms with van der Waals surface area (Å²) in [6.07, 6.45) is 2.56. The summed E-state index contributed by atoms with van der Waals surface area (Å²) in [4.78, 5) is 23.0. The smallest absolute Gasteiger partial charge is 0.287 e. The Labute approximate surface area is 157 Å². The lowest BCUT2D eigenvalue weighted by Gasteiger charge is -2.17. The normalized spacial score (nSPS) is 16.8. The molecule has 0 saturated carbocycles. The molecular weight excluding hydrogens is 402 g/mol. The number of furan rings is 1. The van der Waals surface area contributed by atoms with Gasteiger partial charge in [-0.05, 0) is 53.5 Å². The number of nitrogens with one attached hydrogen (secondary N) is 1. The Morgan fingerprint density at radius 2 is 2.23 bits per heavy atom. The number of carbonyl (C=O) groups excluding carboxylic acids is 1. The van der Waals surface area contributed by atoms with Gasteiger partial charge in [0.2, 0.25) is 0 Å². The second kappa shape index (κ2) is 6.91. The number of hydrogen-bond donors (Lipinski definition) is 1. The van der Waals surface area contributed by atoms with Crippen molar-refractivity contribution in [2.45, 2.75) is 19.4 Å². The highest BCUT2D eigenvalue weighted by molar-refractivity contribution is 9.10. The van der Waals surface area contributed by atoms with Gasteiger partial charge in [-0.3, -0.25) is 4.79 Å². The molecule has 9 heteroatoms. The monoisotopic (exact) mass is 417 g/mol. The van der Waals surface area contributed by atoms with E-state index in [4.69, 9.17) is 8.94 Å². The van der Waals surface area contributed by atoms with Crippen molar-refractivity contribution >= 4 is 27.7 Å². The zero-order valence-corrected chi connectivity index (χ0v) is 15.6. The fourth-order valence-electron chi connectivity index (χ4n) is 2.89. The summed E-state index contributed by atoms with van der Waals surface area (Å²) in [6, 6.07) is 7.22. The van der Waals surface area contributed by atoms with E-state index in [1.807, 2.05) is 12.1 Å². The number of anilines is 1. The van der Waals surface area contributed by atoms with Crippen molar-refractivity contribution in [3.8, 4) is 11.5 Å². The van der Waals surface area contributed by atoms with E-state index in [2.05, 4.69) is 41.3 Å². The van der Waals surface area contributed by atoms with E-state index in [1.54, 1.807) is 25.3 Å². The highest BCUT2D eigenvalue weighted by Gasteiger charge is 2.26. The number of aromatic nitrogens is 3. The summed E-state index contributed by atoms with van der Waals surface area (Å²) >= 11 is 3.20. The summed E-state index contributed by atoms with van der Waals surface area (Å²) in [5.74, 6) is 1.98. The lowest BCUT2D eigenvalue weighted by atomic mass is 10.2. The van der Waals surface area contributed by atoms with Gasteiger partial charge in [-0.25, -0.2) is 4.98 Å². The second-order valence-corrected chi connectivity index (χ2v) is 6.84. The summed E-state index contributed by atoms with van der Waals surface area (Å²) < 4.78 is 11.0. The number of carbonyl (C=O) groups is 1. The zero-order valence-electron chi connectivity index (χ0n) is 14.0. The highest BCUT2D eigenvalue weighted by Crippen LogP contribution is 2.22. The average Bonchev–Trinajstić information content (AvgIpc) is 3.36. The van der Waals surface area contributed by atoms with E-state index >= 15 is 0 Å². The van der Waals surface area contributed by atoms with Crippen molar-refractivity contribution in [2.75, 3.05) is 18.0 Å². The van der Waals surface area contributed by atoms with Crippen molar-refractivity contribution in [1.82, 2.24) is 20.4 Å². The molecule has 1 N–H and O–H groups in total. The number of amides is 1. The minimum atomic E-state index is -0.211. The maximum atomic E-state index is 12.2. The molecule has 8 nitrogen and oxygen atoms in total. The molecule has 26 heavy (non-hydrogen) atoms. The Kier molecular flexibility index (Phi) is 4.46. The highest BCUT2D eigenvalue weighted by atomic mass is 79.9. The standard InChI is InChI=1S/C17H16BrN5O3/c1-10-20-17(26-22-10)11-2-5-15(19-8-11)23-7-6-12(9-23)21-16(24)13-3-4-14(18)25-13/h2-5,8,12H,6-7,9H2,1H3,(H,21,24). The first kappa shape index (κ1) is 16.8. The predicted molar refractivity (Wildman–Crippen MR) is 96.8 cm³/mol. The molecule has 1 fully saturated rings. The molecule has 1 atom stereocenters. The van der Waals surface area contributed by atoms with E-state index < -0.39 is 0 Å². The van der Waals surface area contributed by atoms with Gasteiger partial charge < -0.3 is 19.2 Å². The zero-order chi connectivity index (χ0) is 18.1. The third kappa shape index (κ3) is 3.48. The van der Waals surface area contributed by atoms with E-state index in [0.29, 0.717) is 28.7 Å². The molecule has 1 saturated heterocycles. The van der Waals surface area contributed by atoms with Crippen LogP contribution in [0.4, 0.5) is 5.82 Å². The van der Waals surface area contributed by atoms with Crippen molar-refractivity contribution in [3.05, 3.63) is 46.7 Å². The lowest BCUT2D eigenvalue weighted by molar-refractivity contribution is 0.0911. The molecule has 4 heterocycles.